The third-order valence-corrected chi connectivity index (χ3v) is 4.32. The van der Waals surface area contributed by atoms with Crippen LogP contribution in [0, 0.1) is 5.92 Å². The van der Waals surface area contributed by atoms with E-state index in [1.807, 2.05) is 58.3 Å². The molecule has 1 aromatic heterocycles. The molecule has 116 valence electrons. The molecule has 4 heteroatoms. The van der Waals surface area contributed by atoms with Crippen LogP contribution in [0.2, 0.25) is 0 Å². The molecular weight excluding hydrogens is 276 g/mol. The third-order valence-electron chi connectivity index (χ3n) is 4.32. The fraction of sp³-hybridized carbons (Fsp3) is 0.389. The number of benzene rings is 1. The summed E-state index contributed by atoms with van der Waals surface area (Å²) in [5.74, 6) is 0.722. The zero-order valence-corrected chi connectivity index (χ0v) is 12.9. The van der Waals surface area contributed by atoms with Gasteiger partial charge in [0.2, 0.25) is 0 Å². The van der Waals surface area contributed by atoms with Gasteiger partial charge in [0.05, 0.1) is 0 Å². The van der Waals surface area contributed by atoms with E-state index in [2.05, 4.69) is 0 Å². The summed E-state index contributed by atoms with van der Waals surface area (Å²) in [6.07, 6.45) is 6.05. The van der Waals surface area contributed by atoms with Gasteiger partial charge < -0.3 is 14.2 Å². The van der Waals surface area contributed by atoms with Gasteiger partial charge in [-0.3, -0.25) is 4.79 Å². The second-order valence-corrected chi connectivity index (χ2v) is 5.83. The molecule has 1 aliphatic rings. The lowest BCUT2D eigenvalue weighted by atomic mass is 9.97. The van der Waals surface area contributed by atoms with Crippen molar-refractivity contribution in [2.24, 2.45) is 5.92 Å². The van der Waals surface area contributed by atoms with Gasteiger partial charge in [0.25, 0.3) is 5.91 Å². The van der Waals surface area contributed by atoms with Crippen LogP contribution in [0.25, 0.3) is 5.69 Å². The van der Waals surface area contributed by atoms with E-state index in [-0.39, 0.29) is 5.91 Å². The van der Waals surface area contributed by atoms with E-state index in [0.29, 0.717) is 5.92 Å². The third kappa shape index (κ3) is 3.22. The van der Waals surface area contributed by atoms with Crippen molar-refractivity contribution in [1.29, 1.82) is 0 Å². The van der Waals surface area contributed by atoms with Crippen molar-refractivity contribution < 1.29 is 9.53 Å². The number of carbonyl (C=O) groups is 1. The van der Waals surface area contributed by atoms with Gasteiger partial charge in [-0.15, -0.1) is 0 Å². The molecule has 1 saturated heterocycles. The van der Waals surface area contributed by atoms with Crippen molar-refractivity contribution in [3.63, 3.8) is 0 Å². The Hall–Kier alpha value is -2.07. The van der Waals surface area contributed by atoms with Gasteiger partial charge in [0.15, 0.2) is 0 Å². The zero-order valence-electron chi connectivity index (χ0n) is 12.9. The Balaban J connectivity index is 1.63. The van der Waals surface area contributed by atoms with Crippen LogP contribution in [-0.2, 0) is 4.74 Å². The number of ether oxygens (including phenoxy) is 1. The highest BCUT2D eigenvalue weighted by molar-refractivity contribution is 5.94. The van der Waals surface area contributed by atoms with Crippen molar-refractivity contribution in [3.05, 3.63) is 54.4 Å². The highest BCUT2D eigenvalue weighted by Crippen LogP contribution is 2.20. The van der Waals surface area contributed by atoms with Gasteiger partial charge in [0, 0.05) is 50.5 Å². The first-order chi connectivity index (χ1) is 10.8. The van der Waals surface area contributed by atoms with Crippen LogP contribution in [0.4, 0.5) is 0 Å². The molecule has 0 N–H and O–H groups in total. The summed E-state index contributed by atoms with van der Waals surface area (Å²) in [6.45, 7) is 2.45. The Morgan fingerprint density at radius 3 is 2.36 bits per heavy atom. The van der Waals surface area contributed by atoms with Gasteiger partial charge in [0.1, 0.15) is 0 Å². The summed E-state index contributed by atoms with van der Waals surface area (Å²) in [7, 11) is 1.74. The van der Waals surface area contributed by atoms with Gasteiger partial charge in [-0.1, -0.05) is 0 Å². The van der Waals surface area contributed by atoms with E-state index in [4.69, 9.17) is 4.74 Å². The van der Waals surface area contributed by atoms with Crippen LogP contribution in [-0.4, -0.2) is 42.2 Å². The molecule has 0 saturated carbocycles. The number of amides is 1. The van der Waals surface area contributed by atoms with E-state index < -0.39 is 0 Å². The standard InChI is InChI=1S/C18H22N2O2/c1-22-14-15-8-12-20(13-9-15)18(21)16-4-6-17(7-5-16)19-10-2-3-11-19/h2-7,10-11,15H,8-9,12-14H2,1H3. The molecule has 0 unspecified atom stereocenters. The van der Waals surface area contributed by atoms with Crippen LogP contribution >= 0.6 is 0 Å². The number of hydrogen-bond acceptors (Lipinski definition) is 2. The molecule has 1 fully saturated rings. The van der Waals surface area contributed by atoms with Gasteiger partial charge in [-0.2, -0.15) is 0 Å². The van der Waals surface area contributed by atoms with E-state index in [1.54, 1.807) is 7.11 Å². The molecule has 2 aromatic rings. The molecule has 4 nitrogen and oxygen atoms in total. The van der Waals surface area contributed by atoms with Gasteiger partial charge in [-0.25, -0.2) is 0 Å². The first-order valence-corrected chi connectivity index (χ1v) is 7.79. The van der Waals surface area contributed by atoms with E-state index in [0.717, 1.165) is 43.8 Å². The largest absolute Gasteiger partial charge is 0.384 e. The average Bonchev–Trinajstić information content (AvgIpc) is 3.10. The SMILES string of the molecule is COCC1CCN(C(=O)c2ccc(-n3cccc3)cc2)CC1. The van der Waals surface area contributed by atoms with Crippen molar-refractivity contribution in [3.8, 4) is 5.69 Å². The Morgan fingerprint density at radius 2 is 1.77 bits per heavy atom. The monoisotopic (exact) mass is 298 g/mol. The summed E-state index contributed by atoms with van der Waals surface area (Å²) in [5, 5.41) is 0. The second kappa shape index (κ2) is 6.79. The molecule has 3 rings (SSSR count). The Kier molecular flexibility index (Phi) is 4.59. The summed E-state index contributed by atoms with van der Waals surface area (Å²) in [4.78, 5) is 14.5. The summed E-state index contributed by atoms with van der Waals surface area (Å²) < 4.78 is 7.24. The number of hydrogen-bond donors (Lipinski definition) is 0. The van der Waals surface area contributed by atoms with Crippen molar-refractivity contribution >= 4 is 5.91 Å². The van der Waals surface area contributed by atoms with E-state index in [1.165, 1.54) is 0 Å². The molecule has 0 aliphatic carbocycles. The van der Waals surface area contributed by atoms with E-state index >= 15 is 0 Å². The molecular formula is C18H22N2O2. The first-order valence-electron chi connectivity index (χ1n) is 7.79. The predicted molar refractivity (Wildman–Crippen MR) is 86.3 cm³/mol. The smallest absolute Gasteiger partial charge is 0.253 e. The number of likely N-dealkylation sites (tertiary alicyclic amines) is 1. The second-order valence-electron chi connectivity index (χ2n) is 5.83. The minimum absolute atomic E-state index is 0.134. The molecule has 1 amide bonds. The fourth-order valence-electron chi connectivity index (χ4n) is 3.00. The molecule has 0 bridgehead atoms. The quantitative estimate of drug-likeness (QED) is 0.869. The van der Waals surface area contributed by atoms with Gasteiger partial charge in [-0.05, 0) is 55.2 Å². The molecule has 22 heavy (non-hydrogen) atoms. The number of piperidine rings is 1. The number of carbonyl (C=O) groups excluding carboxylic acids is 1. The summed E-state index contributed by atoms with van der Waals surface area (Å²) >= 11 is 0. The normalized spacial score (nSPS) is 16.0. The molecule has 0 atom stereocenters. The van der Waals surface area contributed by atoms with Gasteiger partial charge >= 0.3 is 0 Å². The lowest BCUT2D eigenvalue weighted by Gasteiger charge is -2.31. The number of nitrogens with zero attached hydrogens (tertiary/aromatic N) is 2. The highest BCUT2D eigenvalue weighted by atomic mass is 16.5. The van der Waals surface area contributed by atoms with Crippen molar-refractivity contribution in [1.82, 2.24) is 9.47 Å². The maximum Gasteiger partial charge on any atom is 0.253 e. The lowest BCUT2D eigenvalue weighted by molar-refractivity contribution is 0.0613. The summed E-state index contributed by atoms with van der Waals surface area (Å²) in [6, 6.07) is 11.8. The molecule has 0 radical (unpaired) electrons. The fourth-order valence-corrected chi connectivity index (χ4v) is 3.00. The van der Waals surface area contributed by atoms with Crippen molar-refractivity contribution in [2.75, 3.05) is 26.8 Å². The number of rotatable bonds is 4. The minimum atomic E-state index is 0.134. The highest BCUT2D eigenvalue weighted by Gasteiger charge is 2.23. The number of aromatic nitrogens is 1. The number of methoxy groups -OCH3 is 1. The molecule has 1 aromatic carbocycles. The Bertz CT molecular complexity index is 597. The predicted octanol–water partition coefficient (Wildman–Crippen LogP) is 2.98. The molecule has 0 spiro atoms. The summed E-state index contributed by atoms with van der Waals surface area (Å²) in [5.41, 5.74) is 1.83. The minimum Gasteiger partial charge on any atom is -0.384 e. The van der Waals surface area contributed by atoms with Crippen LogP contribution < -0.4 is 0 Å². The van der Waals surface area contributed by atoms with Crippen LogP contribution in [0.5, 0.6) is 0 Å². The Labute approximate surface area is 131 Å². The maximum absolute atomic E-state index is 12.5. The van der Waals surface area contributed by atoms with Crippen molar-refractivity contribution in [2.45, 2.75) is 12.8 Å². The molecule has 1 aliphatic heterocycles. The maximum atomic E-state index is 12.5. The zero-order chi connectivity index (χ0) is 15.4. The van der Waals surface area contributed by atoms with Crippen LogP contribution in [0.3, 0.4) is 0 Å². The lowest BCUT2D eigenvalue weighted by Crippen LogP contribution is -2.39. The Morgan fingerprint density at radius 1 is 1.14 bits per heavy atom. The molecule has 2 heterocycles. The van der Waals surface area contributed by atoms with Crippen LogP contribution in [0.1, 0.15) is 23.2 Å². The average molecular weight is 298 g/mol. The first kappa shape index (κ1) is 14.9. The van der Waals surface area contributed by atoms with Crippen LogP contribution in [0.15, 0.2) is 48.8 Å². The topological polar surface area (TPSA) is 34.5 Å². The van der Waals surface area contributed by atoms with E-state index in [9.17, 15) is 4.79 Å².